The smallest absolute Gasteiger partial charge is 0.217 e. The molecule has 2 heterocycles. The fraction of sp³-hybridized carbons (Fsp3) is 0.286. The van der Waals surface area contributed by atoms with Gasteiger partial charge in [0, 0.05) is 24.2 Å². The summed E-state index contributed by atoms with van der Waals surface area (Å²) in [5, 5.41) is 0. The number of aromatic nitrogens is 2. The van der Waals surface area contributed by atoms with Gasteiger partial charge in [-0.15, -0.1) is 11.6 Å². The van der Waals surface area contributed by atoms with Gasteiger partial charge in [-0.2, -0.15) is 0 Å². The van der Waals surface area contributed by atoms with Crippen LogP contribution in [0.2, 0.25) is 0 Å². The van der Waals surface area contributed by atoms with E-state index in [4.69, 9.17) is 16.3 Å². The van der Waals surface area contributed by atoms with Crippen molar-refractivity contribution in [2.45, 2.75) is 18.7 Å². The monoisotopic (exact) mass is 262 g/mol. The Morgan fingerprint density at radius 1 is 1.11 bits per heavy atom. The zero-order valence-corrected chi connectivity index (χ0v) is 10.8. The lowest BCUT2D eigenvalue weighted by Crippen LogP contribution is -2.02. The molecular weight excluding hydrogens is 248 g/mol. The van der Waals surface area contributed by atoms with Gasteiger partial charge in [-0.25, -0.2) is 4.98 Å². The van der Waals surface area contributed by atoms with Gasteiger partial charge in [-0.3, -0.25) is 4.98 Å². The molecule has 2 rings (SSSR count). The molecule has 0 N–H and O–H groups in total. The van der Waals surface area contributed by atoms with E-state index in [1.165, 1.54) is 5.56 Å². The fourth-order valence-corrected chi connectivity index (χ4v) is 1.85. The Hall–Kier alpha value is -1.61. The van der Waals surface area contributed by atoms with E-state index in [-0.39, 0.29) is 0 Å². The van der Waals surface area contributed by atoms with E-state index in [0.29, 0.717) is 18.4 Å². The molecule has 0 atom stereocenters. The number of aryl methyl sites for hydroxylation is 1. The highest BCUT2D eigenvalue weighted by molar-refractivity contribution is 6.17. The van der Waals surface area contributed by atoms with Crippen molar-refractivity contribution in [1.29, 1.82) is 0 Å². The Morgan fingerprint density at radius 2 is 1.94 bits per heavy atom. The lowest BCUT2D eigenvalue weighted by atomic mass is 10.1. The molecule has 18 heavy (non-hydrogen) atoms. The first kappa shape index (κ1) is 12.8. The van der Waals surface area contributed by atoms with Gasteiger partial charge in [0.05, 0.1) is 12.5 Å². The molecule has 0 amide bonds. The first-order chi connectivity index (χ1) is 8.90. The maximum atomic E-state index is 5.81. The molecule has 4 heteroatoms. The molecule has 0 aromatic carbocycles. The minimum Gasteiger partial charge on any atom is -0.477 e. The summed E-state index contributed by atoms with van der Waals surface area (Å²) in [6, 6.07) is 7.83. The molecule has 3 nitrogen and oxygen atoms in total. The summed E-state index contributed by atoms with van der Waals surface area (Å²) < 4.78 is 5.64. The van der Waals surface area contributed by atoms with Gasteiger partial charge in [-0.1, -0.05) is 6.07 Å². The number of hydrogen-bond donors (Lipinski definition) is 0. The highest BCUT2D eigenvalue weighted by Gasteiger charge is 2.02. The largest absolute Gasteiger partial charge is 0.477 e. The average molecular weight is 263 g/mol. The zero-order chi connectivity index (χ0) is 12.6. The van der Waals surface area contributed by atoms with Crippen LogP contribution in [-0.4, -0.2) is 16.6 Å². The number of rotatable bonds is 6. The molecule has 0 unspecified atom stereocenters. The highest BCUT2D eigenvalue weighted by atomic mass is 35.5. The van der Waals surface area contributed by atoms with E-state index in [2.05, 4.69) is 9.97 Å². The number of alkyl halides is 1. The second-order valence-corrected chi connectivity index (χ2v) is 4.18. The first-order valence-electron chi connectivity index (χ1n) is 5.91. The molecule has 0 bridgehead atoms. The number of hydrogen-bond acceptors (Lipinski definition) is 3. The van der Waals surface area contributed by atoms with Gasteiger partial charge in [0.15, 0.2) is 0 Å². The molecule has 0 saturated heterocycles. The van der Waals surface area contributed by atoms with Gasteiger partial charge in [0.1, 0.15) is 0 Å². The second kappa shape index (κ2) is 6.97. The van der Waals surface area contributed by atoms with Crippen LogP contribution in [0.4, 0.5) is 0 Å². The van der Waals surface area contributed by atoms with Crippen LogP contribution in [0.15, 0.2) is 42.9 Å². The van der Waals surface area contributed by atoms with E-state index in [1.807, 2.05) is 24.3 Å². The van der Waals surface area contributed by atoms with E-state index >= 15 is 0 Å². The van der Waals surface area contributed by atoms with Gasteiger partial charge >= 0.3 is 0 Å². The number of ether oxygens (including phenoxy) is 1. The van der Waals surface area contributed by atoms with Crippen molar-refractivity contribution in [2.75, 3.05) is 6.61 Å². The summed E-state index contributed by atoms with van der Waals surface area (Å²) in [5.41, 5.74) is 2.20. The van der Waals surface area contributed by atoms with Gasteiger partial charge in [0.25, 0.3) is 0 Å². The number of halogens is 1. The van der Waals surface area contributed by atoms with Crippen LogP contribution in [0.5, 0.6) is 5.88 Å². The Morgan fingerprint density at radius 3 is 2.72 bits per heavy atom. The quantitative estimate of drug-likeness (QED) is 0.592. The van der Waals surface area contributed by atoms with Crippen LogP contribution in [0.1, 0.15) is 17.5 Å². The molecule has 0 aliphatic carbocycles. The van der Waals surface area contributed by atoms with Crippen LogP contribution in [-0.2, 0) is 12.3 Å². The molecule has 0 radical (unpaired) electrons. The fourth-order valence-electron chi connectivity index (χ4n) is 1.65. The summed E-state index contributed by atoms with van der Waals surface area (Å²) in [6.07, 6.45) is 7.25. The summed E-state index contributed by atoms with van der Waals surface area (Å²) >= 11 is 5.81. The summed E-state index contributed by atoms with van der Waals surface area (Å²) in [6.45, 7) is 0.642. The topological polar surface area (TPSA) is 35.0 Å². The molecule has 94 valence electrons. The third-order valence-corrected chi connectivity index (χ3v) is 2.88. The van der Waals surface area contributed by atoms with Gasteiger partial charge in [-0.05, 0) is 36.6 Å². The Labute approximate surface area is 112 Å². The van der Waals surface area contributed by atoms with Crippen LogP contribution in [0.3, 0.4) is 0 Å². The highest BCUT2D eigenvalue weighted by Crippen LogP contribution is 2.16. The van der Waals surface area contributed by atoms with E-state index < -0.39 is 0 Å². The molecule has 0 saturated carbocycles. The Balaban J connectivity index is 1.78. The first-order valence-corrected chi connectivity index (χ1v) is 6.45. The summed E-state index contributed by atoms with van der Waals surface area (Å²) in [7, 11) is 0. The standard InChI is InChI=1S/C14H15ClN2O/c15-11-13-4-1-7-17-14(13)18-10-2-3-12-5-8-16-9-6-12/h1,4-9H,2-3,10-11H2. The minimum absolute atomic E-state index is 0.424. The Kier molecular flexibility index (Phi) is 4.97. The zero-order valence-electron chi connectivity index (χ0n) is 10.1. The normalized spacial score (nSPS) is 10.3. The van der Waals surface area contributed by atoms with E-state index in [0.717, 1.165) is 18.4 Å². The molecule has 2 aromatic heterocycles. The van der Waals surface area contributed by atoms with Gasteiger partial charge in [0.2, 0.25) is 5.88 Å². The molecular formula is C14H15ClN2O. The SMILES string of the molecule is ClCc1cccnc1OCCCc1ccncc1. The Bertz CT molecular complexity index is 476. The van der Waals surface area contributed by atoms with Gasteiger partial charge < -0.3 is 4.74 Å². The van der Waals surface area contributed by atoms with Crippen LogP contribution in [0.25, 0.3) is 0 Å². The van der Waals surface area contributed by atoms with E-state index in [9.17, 15) is 0 Å². The van der Waals surface area contributed by atoms with Crippen molar-refractivity contribution in [3.63, 3.8) is 0 Å². The predicted octanol–water partition coefficient (Wildman–Crippen LogP) is 3.23. The van der Waals surface area contributed by atoms with Crippen LogP contribution in [0, 0.1) is 0 Å². The lowest BCUT2D eigenvalue weighted by Gasteiger charge is -2.08. The van der Waals surface area contributed by atoms with Crippen molar-refractivity contribution in [3.05, 3.63) is 54.0 Å². The predicted molar refractivity (Wildman–Crippen MR) is 71.8 cm³/mol. The van der Waals surface area contributed by atoms with Crippen molar-refractivity contribution < 1.29 is 4.74 Å². The van der Waals surface area contributed by atoms with Crippen LogP contribution < -0.4 is 4.74 Å². The van der Waals surface area contributed by atoms with Crippen molar-refractivity contribution in [1.82, 2.24) is 9.97 Å². The summed E-state index contributed by atoms with van der Waals surface area (Å²) in [4.78, 5) is 8.17. The third-order valence-electron chi connectivity index (χ3n) is 2.59. The van der Waals surface area contributed by atoms with E-state index in [1.54, 1.807) is 18.6 Å². The lowest BCUT2D eigenvalue weighted by molar-refractivity contribution is 0.297. The second-order valence-electron chi connectivity index (χ2n) is 3.91. The van der Waals surface area contributed by atoms with Crippen molar-refractivity contribution in [3.8, 4) is 5.88 Å². The molecule has 0 spiro atoms. The molecule has 0 aliphatic rings. The summed E-state index contributed by atoms with van der Waals surface area (Å²) in [5.74, 6) is 1.07. The maximum absolute atomic E-state index is 5.81. The molecule has 0 aliphatic heterocycles. The van der Waals surface area contributed by atoms with Crippen LogP contribution >= 0.6 is 11.6 Å². The van der Waals surface area contributed by atoms with Crippen molar-refractivity contribution in [2.24, 2.45) is 0 Å². The number of nitrogens with zero attached hydrogens (tertiary/aromatic N) is 2. The third kappa shape index (κ3) is 3.70. The number of pyridine rings is 2. The molecule has 2 aromatic rings. The van der Waals surface area contributed by atoms with Crippen molar-refractivity contribution >= 4 is 11.6 Å². The maximum Gasteiger partial charge on any atom is 0.217 e. The average Bonchev–Trinajstić information content (AvgIpc) is 2.45. The molecule has 0 fully saturated rings. The minimum atomic E-state index is 0.424.